The maximum absolute atomic E-state index is 14.4. The van der Waals surface area contributed by atoms with E-state index in [1.54, 1.807) is 0 Å². The Morgan fingerprint density at radius 2 is 1.96 bits per heavy atom. The molecule has 2 atom stereocenters. The normalized spacial score (nSPS) is 16.0. The summed E-state index contributed by atoms with van der Waals surface area (Å²) in [7, 11) is -5.46. The molecule has 0 saturated carbocycles. The minimum atomic E-state index is -5.46. The van der Waals surface area contributed by atoms with Gasteiger partial charge in [-0.1, -0.05) is 54.9 Å². The molecule has 0 aromatic heterocycles. The summed E-state index contributed by atoms with van der Waals surface area (Å²) in [6.45, 7) is 4.54. The summed E-state index contributed by atoms with van der Waals surface area (Å²) in [6, 6.07) is 5.14. The van der Waals surface area contributed by atoms with Crippen molar-refractivity contribution in [2.75, 3.05) is 0 Å². The van der Waals surface area contributed by atoms with Gasteiger partial charge >= 0.3 is 19.2 Å². The van der Waals surface area contributed by atoms with Crippen molar-refractivity contribution >= 4 is 29.5 Å². The van der Waals surface area contributed by atoms with Crippen LogP contribution in [-0.2, 0) is 24.3 Å². The smallest absolute Gasteiger partial charge is 0.405 e. The van der Waals surface area contributed by atoms with E-state index in [1.807, 2.05) is 0 Å². The molecule has 0 saturated heterocycles. The van der Waals surface area contributed by atoms with Crippen LogP contribution in [0.2, 0.25) is 0 Å². The van der Waals surface area contributed by atoms with E-state index in [0.717, 1.165) is 6.07 Å². The largest absolute Gasteiger partial charge is 0.435 e. The van der Waals surface area contributed by atoms with Gasteiger partial charge in [-0.2, -0.15) is 8.78 Å². The lowest BCUT2D eigenvalue weighted by atomic mass is 10.2. The standard InChI is InChI=1S/C14H18BrF2O5P/c1-4-12(18)21-13(9(2)3)22-23(19,20)14(16,17)10-7-5-6-8-11(10)15/h5-9,13H,4H2,1-3H3,(H,19,20). The van der Waals surface area contributed by atoms with Crippen LogP contribution in [0.4, 0.5) is 8.78 Å². The van der Waals surface area contributed by atoms with Crippen LogP contribution in [0.3, 0.4) is 0 Å². The highest BCUT2D eigenvalue weighted by molar-refractivity contribution is 9.10. The van der Waals surface area contributed by atoms with Gasteiger partial charge in [0.15, 0.2) is 0 Å². The molecule has 5 nitrogen and oxygen atoms in total. The Morgan fingerprint density at radius 3 is 2.43 bits per heavy atom. The number of hydrogen-bond acceptors (Lipinski definition) is 4. The molecule has 23 heavy (non-hydrogen) atoms. The van der Waals surface area contributed by atoms with Gasteiger partial charge in [-0.3, -0.25) is 13.9 Å². The Labute approximate surface area is 141 Å². The molecule has 9 heteroatoms. The van der Waals surface area contributed by atoms with Crippen molar-refractivity contribution in [1.29, 1.82) is 0 Å². The topological polar surface area (TPSA) is 72.8 Å². The number of benzene rings is 1. The van der Waals surface area contributed by atoms with Crippen LogP contribution in [0.25, 0.3) is 0 Å². The molecule has 130 valence electrons. The van der Waals surface area contributed by atoms with Crippen molar-refractivity contribution in [3.63, 3.8) is 0 Å². The summed E-state index contributed by atoms with van der Waals surface area (Å²) in [5.41, 5.74) is -4.85. The van der Waals surface area contributed by atoms with Crippen LogP contribution >= 0.6 is 23.5 Å². The first-order chi connectivity index (χ1) is 10.5. The third kappa shape index (κ3) is 4.83. The molecular formula is C14H18BrF2O5P. The first kappa shape index (κ1) is 20.2. The quantitative estimate of drug-likeness (QED) is 0.399. The van der Waals surface area contributed by atoms with E-state index in [-0.39, 0.29) is 10.9 Å². The van der Waals surface area contributed by atoms with E-state index in [1.165, 1.54) is 39.0 Å². The first-order valence-electron chi connectivity index (χ1n) is 6.86. The van der Waals surface area contributed by atoms with Gasteiger partial charge in [0, 0.05) is 22.4 Å². The van der Waals surface area contributed by atoms with E-state index < -0.39 is 37.0 Å². The van der Waals surface area contributed by atoms with Crippen LogP contribution in [0.5, 0.6) is 0 Å². The third-order valence-electron chi connectivity index (χ3n) is 2.88. The number of carbonyl (C=O) groups is 1. The Kier molecular flexibility index (Phi) is 6.89. The van der Waals surface area contributed by atoms with Gasteiger partial charge in [0.2, 0.25) is 6.29 Å². The van der Waals surface area contributed by atoms with E-state index in [9.17, 15) is 23.0 Å². The predicted octanol–water partition coefficient (Wildman–Crippen LogP) is 4.64. The molecule has 0 heterocycles. The Bertz CT molecular complexity index is 609. The number of esters is 1. The average molecular weight is 415 g/mol. The average Bonchev–Trinajstić information content (AvgIpc) is 2.46. The molecule has 0 aliphatic heterocycles. The van der Waals surface area contributed by atoms with Gasteiger partial charge in [-0.05, 0) is 6.07 Å². The van der Waals surface area contributed by atoms with Gasteiger partial charge in [-0.25, -0.2) is 0 Å². The maximum Gasteiger partial charge on any atom is 0.405 e. The molecule has 0 spiro atoms. The monoisotopic (exact) mass is 414 g/mol. The van der Waals surface area contributed by atoms with Crippen LogP contribution in [0, 0.1) is 5.92 Å². The third-order valence-corrected chi connectivity index (χ3v) is 5.02. The molecule has 0 aliphatic carbocycles. The molecular weight excluding hydrogens is 397 g/mol. The number of alkyl halides is 2. The number of ether oxygens (including phenoxy) is 1. The zero-order valence-corrected chi connectivity index (χ0v) is 15.3. The fourth-order valence-electron chi connectivity index (χ4n) is 1.56. The van der Waals surface area contributed by atoms with Gasteiger partial charge in [0.25, 0.3) is 0 Å². The zero-order chi connectivity index (χ0) is 17.8. The number of carbonyl (C=O) groups excluding carboxylic acids is 1. The number of rotatable bonds is 7. The van der Waals surface area contributed by atoms with Gasteiger partial charge < -0.3 is 9.63 Å². The first-order valence-corrected chi connectivity index (χ1v) is 9.23. The Morgan fingerprint density at radius 1 is 1.39 bits per heavy atom. The van der Waals surface area contributed by atoms with Crippen molar-refractivity contribution in [3.05, 3.63) is 34.3 Å². The maximum atomic E-state index is 14.4. The summed E-state index contributed by atoms with van der Waals surface area (Å²) >= 11 is 2.92. The van der Waals surface area contributed by atoms with Crippen molar-refractivity contribution in [2.24, 2.45) is 5.92 Å². The van der Waals surface area contributed by atoms with Crippen LogP contribution in [0.15, 0.2) is 28.7 Å². The minimum Gasteiger partial charge on any atom is -0.435 e. The highest BCUT2D eigenvalue weighted by atomic mass is 79.9. The van der Waals surface area contributed by atoms with Gasteiger partial charge in [0.1, 0.15) is 0 Å². The van der Waals surface area contributed by atoms with Crippen molar-refractivity contribution < 1.29 is 32.3 Å². The summed E-state index contributed by atoms with van der Waals surface area (Å²) < 4.78 is 50.4. The lowest BCUT2D eigenvalue weighted by Gasteiger charge is -2.28. The van der Waals surface area contributed by atoms with E-state index in [4.69, 9.17) is 4.74 Å². The summed E-state index contributed by atoms with van der Waals surface area (Å²) in [4.78, 5) is 21.1. The Balaban J connectivity index is 3.10. The lowest BCUT2D eigenvalue weighted by Crippen LogP contribution is -2.28. The van der Waals surface area contributed by atoms with Gasteiger partial charge in [0.05, 0.1) is 0 Å². The molecule has 0 aliphatic rings. The van der Waals surface area contributed by atoms with E-state index >= 15 is 0 Å². The lowest BCUT2D eigenvalue weighted by molar-refractivity contribution is -0.172. The van der Waals surface area contributed by atoms with Crippen molar-refractivity contribution in [3.8, 4) is 0 Å². The second-order valence-electron chi connectivity index (χ2n) is 5.10. The summed E-state index contributed by atoms with van der Waals surface area (Å²) in [6.07, 6.45) is -1.56. The molecule has 1 aromatic carbocycles. The van der Waals surface area contributed by atoms with Crippen LogP contribution < -0.4 is 0 Å². The molecule has 0 fully saturated rings. The van der Waals surface area contributed by atoms with Gasteiger partial charge in [-0.15, -0.1) is 0 Å². The van der Waals surface area contributed by atoms with Crippen LogP contribution in [0.1, 0.15) is 32.8 Å². The second kappa shape index (κ2) is 7.83. The molecule has 0 amide bonds. The fourth-order valence-corrected chi connectivity index (χ4v) is 3.44. The fraction of sp³-hybridized carbons (Fsp3) is 0.500. The number of halogens is 3. The van der Waals surface area contributed by atoms with Crippen LogP contribution in [-0.4, -0.2) is 17.2 Å². The summed E-state index contributed by atoms with van der Waals surface area (Å²) in [5.74, 6) is -1.30. The molecule has 2 unspecified atom stereocenters. The summed E-state index contributed by atoms with van der Waals surface area (Å²) in [5, 5.41) is 0. The highest BCUT2D eigenvalue weighted by Crippen LogP contribution is 2.65. The SMILES string of the molecule is CCC(=O)OC(OP(=O)(O)C(F)(F)c1ccccc1Br)C(C)C. The highest BCUT2D eigenvalue weighted by Gasteiger charge is 2.55. The Hall–Kier alpha value is -0.820. The second-order valence-corrected chi connectivity index (χ2v) is 7.77. The molecule has 0 radical (unpaired) electrons. The minimum absolute atomic E-state index is 0.0110. The van der Waals surface area contributed by atoms with E-state index in [0.29, 0.717) is 0 Å². The zero-order valence-electron chi connectivity index (χ0n) is 12.8. The van der Waals surface area contributed by atoms with E-state index in [2.05, 4.69) is 20.5 Å². The van der Waals surface area contributed by atoms with Crippen molar-refractivity contribution in [2.45, 2.75) is 39.1 Å². The van der Waals surface area contributed by atoms with Crippen molar-refractivity contribution in [1.82, 2.24) is 0 Å². The molecule has 0 bridgehead atoms. The predicted molar refractivity (Wildman–Crippen MR) is 84.0 cm³/mol. The molecule has 1 N–H and O–H groups in total. The molecule has 1 rings (SSSR count). The molecule has 1 aromatic rings. The number of hydrogen-bond donors (Lipinski definition) is 1.